The Morgan fingerprint density at radius 2 is 2.00 bits per heavy atom. The van der Waals surface area contributed by atoms with Crippen LogP contribution >= 0.6 is 0 Å². The molecule has 2 aromatic heterocycles. The number of rotatable bonds is 5. The molecule has 0 amide bonds. The van der Waals surface area contributed by atoms with Crippen LogP contribution in [0.3, 0.4) is 0 Å². The van der Waals surface area contributed by atoms with Crippen molar-refractivity contribution < 1.29 is 4.74 Å². The highest BCUT2D eigenvalue weighted by atomic mass is 16.5. The molecule has 2 aromatic rings. The molecule has 0 radical (unpaired) electrons. The fourth-order valence-corrected chi connectivity index (χ4v) is 3.01. The average Bonchev–Trinajstić information content (AvgIpc) is 2.99. The minimum absolute atomic E-state index is 0.133. The number of hydrogen-bond acceptors (Lipinski definition) is 5. The first kappa shape index (κ1) is 15.9. The summed E-state index contributed by atoms with van der Waals surface area (Å²) in [5.41, 5.74) is 0. The van der Waals surface area contributed by atoms with Crippen LogP contribution in [0, 0.1) is 5.92 Å². The summed E-state index contributed by atoms with van der Waals surface area (Å²) < 4.78 is 7.60. The fourth-order valence-electron chi connectivity index (χ4n) is 3.01. The molecule has 1 atom stereocenters. The van der Waals surface area contributed by atoms with E-state index in [2.05, 4.69) is 38.7 Å². The molecule has 0 spiro atoms. The van der Waals surface area contributed by atoms with Crippen molar-refractivity contribution in [3.05, 3.63) is 36.3 Å². The molecule has 3 heterocycles. The lowest BCUT2D eigenvalue weighted by Crippen LogP contribution is -2.29. The van der Waals surface area contributed by atoms with Crippen LogP contribution in [-0.2, 0) is 11.8 Å². The Balaban J connectivity index is 1.86. The van der Waals surface area contributed by atoms with Gasteiger partial charge in [0.2, 0.25) is 0 Å². The summed E-state index contributed by atoms with van der Waals surface area (Å²) in [7, 11) is 2.04. The molecule has 0 saturated carbocycles. The molecule has 124 valence electrons. The van der Waals surface area contributed by atoms with Crippen LogP contribution in [-0.4, -0.2) is 32.7 Å². The number of nitrogens with zero attached hydrogens (tertiary/aromatic N) is 4. The van der Waals surface area contributed by atoms with Gasteiger partial charge in [-0.25, -0.2) is 15.0 Å². The van der Waals surface area contributed by atoms with Gasteiger partial charge in [-0.2, -0.15) is 0 Å². The van der Waals surface area contributed by atoms with Crippen LogP contribution in [0.2, 0.25) is 0 Å². The summed E-state index contributed by atoms with van der Waals surface area (Å²) in [6.45, 7) is 5.84. The van der Waals surface area contributed by atoms with Crippen molar-refractivity contribution in [2.24, 2.45) is 13.0 Å². The Hall–Kier alpha value is -1.95. The molecule has 6 nitrogen and oxygen atoms in total. The molecule has 1 aliphatic heterocycles. The van der Waals surface area contributed by atoms with Crippen LogP contribution in [0.1, 0.15) is 50.3 Å². The lowest BCUT2D eigenvalue weighted by atomic mass is 9.91. The molecule has 23 heavy (non-hydrogen) atoms. The van der Waals surface area contributed by atoms with Gasteiger partial charge in [0.05, 0.1) is 6.04 Å². The summed E-state index contributed by atoms with van der Waals surface area (Å²) in [5, 5.41) is 3.60. The number of aromatic nitrogens is 4. The predicted octanol–water partition coefficient (Wildman–Crippen LogP) is 2.91. The predicted molar refractivity (Wildman–Crippen MR) is 89.2 cm³/mol. The monoisotopic (exact) mass is 315 g/mol. The van der Waals surface area contributed by atoms with E-state index in [1.165, 1.54) is 0 Å². The molecule has 0 unspecified atom stereocenters. The number of hydrogen-bond donors (Lipinski definition) is 1. The normalized spacial score (nSPS) is 17.4. The maximum atomic E-state index is 5.52. The van der Waals surface area contributed by atoms with Gasteiger partial charge in [-0.1, -0.05) is 13.8 Å². The largest absolute Gasteiger partial charge is 0.381 e. The summed E-state index contributed by atoms with van der Waals surface area (Å²) in [6.07, 6.45) is 7.73. The van der Waals surface area contributed by atoms with Crippen molar-refractivity contribution in [2.75, 3.05) is 18.5 Å². The van der Waals surface area contributed by atoms with Crippen LogP contribution < -0.4 is 5.32 Å². The van der Waals surface area contributed by atoms with Crippen molar-refractivity contribution in [1.82, 2.24) is 19.5 Å². The van der Waals surface area contributed by atoms with E-state index in [4.69, 9.17) is 4.74 Å². The third kappa shape index (κ3) is 3.69. The Kier molecular flexibility index (Phi) is 4.91. The van der Waals surface area contributed by atoms with E-state index in [9.17, 15) is 0 Å². The topological polar surface area (TPSA) is 64.9 Å². The van der Waals surface area contributed by atoms with Gasteiger partial charge >= 0.3 is 0 Å². The number of ether oxygens (including phenoxy) is 1. The zero-order valence-corrected chi connectivity index (χ0v) is 14.1. The first-order valence-corrected chi connectivity index (χ1v) is 8.29. The third-order valence-corrected chi connectivity index (χ3v) is 4.37. The van der Waals surface area contributed by atoms with Crippen LogP contribution in [0.5, 0.6) is 0 Å². The van der Waals surface area contributed by atoms with Crippen LogP contribution in [0.15, 0.2) is 24.7 Å². The summed E-state index contributed by atoms with van der Waals surface area (Å²) in [5.74, 6) is 3.57. The number of imidazole rings is 1. The average molecular weight is 315 g/mol. The standard InChI is InChI=1S/C17H25N5O/c1-12(2)16-18-7-4-14(21-16)20-15(13-5-10-23-11-6-13)17-19-8-9-22(17)3/h4,7-9,12-13,15H,5-6,10-11H2,1-3H3,(H,18,20,21)/t15-/m1/s1. The summed E-state index contributed by atoms with van der Waals surface area (Å²) >= 11 is 0. The molecule has 1 aliphatic rings. The highest BCUT2D eigenvalue weighted by Gasteiger charge is 2.28. The van der Waals surface area contributed by atoms with E-state index >= 15 is 0 Å². The summed E-state index contributed by atoms with van der Waals surface area (Å²) in [4.78, 5) is 13.6. The quantitative estimate of drug-likeness (QED) is 0.919. The summed E-state index contributed by atoms with van der Waals surface area (Å²) in [6, 6.07) is 2.06. The minimum Gasteiger partial charge on any atom is -0.381 e. The maximum Gasteiger partial charge on any atom is 0.133 e. The molecular formula is C17H25N5O. The first-order valence-electron chi connectivity index (χ1n) is 8.29. The SMILES string of the molecule is CC(C)c1nccc(N[C@@H](c2nccn2C)C2CCOCC2)n1. The second kappa shape index (κ2) is 7.08. The Morgan fingerprint density at radius 3 is 2.65 bits per heavy atom. The lowest BCUT2D eigenvalue weighted by molar-refractivity contribution is 0.0594. The van der Waals surface area contributed by atoms with Gasteiger partial charge < -0.3 is 14.6 Å². The van der Waals surface area contributed by atoms with Gasteiger partial charge in [0, 0.05) is 44.8 Å². The molecule has 0 aliphatic carbocycles. The second-order valence-electron chi connectivity index (χ2n) is 6.42. The van der Waals surface area contributed by atoms with Crippen LogP contribution in [0.4, 0.5) is 5.82 Å². The van der Waals surface area contributed by atoms with Crippen molar-refractivity contribution in [3.8, 4) is 0 Å². The Bertz CT molecular complexity index is 633. The first-order chi connectivity index (χ1) is 11.1. The zero-order valence-electron chi connectivity index (χ0n) is 14.1. The van der Waals surface area contributed by atoms with Crippen molar-refractivity contribution in [3.63, 3.8) is 0 Å². The van der Waals surface area contributed by atoms with Gasteiger partial charge in [-0.3, -0.25) is 0 Å². The molecule has 3 rings (SSSR count). The van der Waals surface area contributed by atoms with Gasteiger partial charge in [0.1, 0.15) is 17.5 Å². The van der Waals surface area contributed by atoms with E-state index in [-0.39, 0.29) is 6.04 Å². The van der Waals surface area contributed by atoms with E-state index in [1.807, 2.05) is 31.7 Å². The zero-order chi connectivity index (χ0) is 16.2. The molecule has 1 saturated heterocycles. The highest BCUT2D eigenvalue weighted by molar-refractivity contribution is 5.36. The molecular weight excluding hydrogens is 290 g/mol. The fraction of sp³-hybridized carbons (Fsp3) is 0.588. The number of nitrogens with one attached hydrogen (secondary N) is 1. The molecule has 1 fully saturated rings. The van der Waals surface area contributed by atoms with Crippen molar-refractivity contribution >= 4 is 5.82 Å². The minimum atomic E-state index is 0.133. The molecule has 1 N–H and O–H groups in total. The second-order valence-corrected chi connectivity index (χ2v) is 6.42. The van der Waals surface area contributed by atoms with Gasteiger partial charge in [-0.05, 0) is 24.8 Å². The van der Waals surface area contributed by atoms with Gasteiger partial charge in [-0.15, -0.1) is 0 Å². The van der Waals surface area contributed by atoms with Crippen molar-refractivity contribution in [2.45, 2.75) is 38.6 Å². The van der Waals surface area contributed by atoms with E-state index in [0.29, 0.717) is 11.8 Å². The maximum absolute atomic E-state index is 5.52. The Labute approximate surface area is 137 Å². The van der Waals surface area contributed by atoms with E-state index in [1.54, 1.807) is 0 Å². The van der Waals surface area contributed by atoms with Crippen molar-refractivity contribution in [1.29, 1.82) is 0 Å². The molecule has 6 heteroatoms. The highest BCUT2D eigenvalue weighted by Crippen LogP contribution is 2.32. The van der Waals surface area contributed by atoms with Gasteiger partial charge in [0.15, 0.2) is 0 Å². The number of aryl methyl sites for hydroxylation is 1. The van der Waals surface area contributed by atoms with Crippen LogP contribution in [0.25, 0.3) is 0 Å². The molecule has 0 aromatic carbocycles. The van der Waals surface area contributed by atoms with E-state index in [0.717, 1.165) is 43.5 Å². The Morgan fingerprint density at radius 1 is 1.22 bits per heavy atom. The smallest absolute Gasteiger partial charge is 0.133 e. The van der Waals surface area contributed by atoms with E-state index < -0.39 is 0 Å². The molecule has 0 bridgehead atoms. The van der Waals surface area contributed by atoms with Gasteiger partial charge in [0.25, 0.3) is 0 Å². The lowest BCUT2D eigenvalue weighted by Gasteiger charge is -2.31. The number of anilines is 1. The third-order valence-electron chi connectivity index (χ3n) is 4.37.